The van der Waals surface area contributed by atoms with E-state index in [4.69, 9.17) is 32.7 Å². The molecule has 0 atom stereocenters. The first-order valence-corrected chi connectivity index (χ1v) is 7.03. The van der Waals surface area contributed by atoms with Crippen LogP contribution in [0, 0.1) is 5.41 Å². The molecular formula is C14H14Cl2N2O3. The van der Waals surface area contributed by atoms with E-state index in [9.17, 15) is 4.79 Å². The highest BCUT2D eigenvalue weighted by molar-refractivity contribution is 6.43. The van der Waals surface area contributed by atoms with Crippen LogP contribution in [0.25, 0.3) is 11.5 Å². The Labute approximate surface area is 131 Å². The predicted molar refractivity (Wildman–Crippen MR) is 79.5 cm³/mol. The summed E-state index contributed by atoms with van der Waals surface area (Å²) in [5, 5.41) is 17.5. The molecule has 0 spiro atoms. The van der Waals surface area contributed by atoms with E-state index in [0.29, 0.717) is 27.9 Å². The molecule has 7 heteroatoms. The fourth-order valence-electron chi connectivity index (χ4n) is 1.98. The maximum Gasteiger partial charge on any atom is 0.303 e. The van der Waals surface area contributed by atoms with Gasteiger partial charge < -0.3 is 9.52 Å². The van der Waals surface area contributed by atoms with Gasteiger partial charge in [0.25, 0.3) is 0 Å². The zero-order chi connectivity index (χ0) is 15.6. The number of carboxylic acid groups (broad SMARTS) is 1. The van der Waals surface area contributed by atoms with Crippen molar-refractivity contribution in [3.05, 3.63) is 34.1 Å². The van der Waals surface area contributed by atoms with Crippen LogP contribution in [0.2, 0.25) is 10.0 Å². The van der Waals surface area contributed by atoms with E-state index < -0.39 is 11.4 Å². The van der Waals surface area contributed by atoms with Crippen molar-refractivity contribution in [3.8, 4) is 11.5 Å². The van der Waals surface area contributed by atoms with Gasteiger partial charge in [-0.25, -0.2) is 0 Å². The van der Waals surface area contributed by atoms with Gasteiger partial charge in [-0.05, 0) is 17.5 Å². The highest BCUT2D eigenvalue weighted by Crippen LogP contribution is 2.33. The molecule has 0 saturated carbocycles. The normalized spacial score (nSPS) is 11.6. The van der Waals surface area contributed by atoms with Crippen LogP contribution < -0.4 is 0 Å². The standard InChI is InChI=1S/C14H14Cl2N2O3/c1-14(2,7-11(19)20)6-10-17-18-13(21-10)8-4-3-5-9(15)12(8)16/h3-5H,6-7H2,1-2H3,(H,19,20). The lowest BCUT2D eigenvalue weighted by molar-refractivity contribution is -0.139. The average molecular weight is 329 g/mol. The van der Waals surface area contributed by atoms with Gasteiger partial charge in [-0.3, -0.25) is 4.79 Å². The van der Waals surface area contributed by atoms with Crippen LogP contribution in [0.5, 0.6) is 0 Å². The smallest absolute Gasteiger partial charge is 0.303 e. The monoisotopic (exact) mass is 328 g/mol. The topological polar surface area (TPSA) is 76.2 Å². The number of halogens is 2. The Morgan fingerprint density at radius 3 is 2.71 bits per heavy atom. The van der Waals surface area contributed by atoms with Gasteiger partial charge in [0, 0.05) is 6.42 Å². The number of aliphatic carboxylic acids is 1. The van der Waals surface area contributed by atoms with Crippen molar-refractivity contribution in [1.29, 1.82) is 0 Å². The summed E-state index contributed by atoms with van der Waals surface area (Å²) < 4.78 is 5.56. The van der Waals surface area contributed by atoms with Crippen LogP contribution >= 0.6 is 23.2 Å². The minimum absolute atomic E-state index is 0.0165. The molecule has 1 aromatic heterocycles. The minimum Gasteiger partial charge on any atom is -0.481 e. The number of nitrogens with zero attached hydrogens (tertiary/aromatic N) is 2. The van der Waals surface area contributed by atoms with Crippen molar-refractivity contribution in [1.82, 2.24) is 10.2 Å². The van der Waals surface area contributed by atoms with E-state index in [1.165, 1.54) is 0 Å². The van der Waals surface area contributed by atoms with Crippen molar-refractivity contribution in [3.63, 3.8) is 0 Å². The highest BCUT2D eigenvalue weighted by Gasteiger charge is 2.25. The van der Waals surface area contributed by atoms with Gasteiger partial charge in [0.15, 0.2) is 0 Å². The molecule has 0 bridgehead atoms. The van der Waals surface area contributed by atoms with Gasteiger partial charge in [0.2, 0.25) is 11.8 Å². The summed E-state index contributed by atoms with van der Waals surface area (Å²) in [7, 11) is 0. The summed E-state index contributed by atoms with van der Waals surface area (Å²) in [4.78, 5) is 10.8. The van der Waals surface area contributed by atoms with E-state index >= 15 is 0 Å². The number of aromatic nitrogens is 2. The molecule has 2 aromatic rings. The van der Waals surface area contributed by atoms with Crippen LogP contribution in [-0.4, -0.2) is 21.3 Å². The first-order chi connectivity index (χ1) is 9.78. The quantitative estimate of drug-likeness (QED) is 0.894. The molecule has 5 nitrogen and oxygen atoms in total. The second-order valence-corrected chi connectivity index (χ2v) is 6.30. The molecule has 0 saturated heterocycles. The molecule has 0 amide bonds. The molecule has 0 radical (unpaired) electrons. The van der Waals surface area contributed by atoms with Crippen LogP contribution in [-0.2, 0) is 11.2 Å². The van der Waals surface area contributed by atoms with Crippen LogP contribution in [0.15, 0.2) is 22.6 Å². The molecule has 0 aliphatic rings. The summed E-state index contributed by atoms with van der Waals surface area (Å²) in [6, 6.07) is 5.14. The second kappa shape index (κ2) is 6.03. The second-order valence-electron chi connectivity index (χ2n) is 5.51. The van der Waals surface area contributed by atoms with Crippen LogP contribution in [0.4, 0.5) is 0 Å². The SMILES string of the molecule is CC(C)(CC(=O)O)Cc1nnc(-c2cccc(Cl)c2Cl)o1. The van der Waals surface area contributed by atoms with Crippen molar-refractivity contribution >= 4 is 29.2 Å². The Kier molecular flexibility index (Phi) is 4.54. The van der Waals surface area contributed by atoms with Gasteiger partial charge in [-0.15, -0.1) is 10.2 Å². The largest absolute Gasteiger partial charge is 0.481 e. The van der Waals surface area contributed by atoms with Crippen molar-refractivity contribution < 1.29 is 14.3 Å². The molecule has 2 rings (SSSR count). The Balaban J connectivity index is 2.22. The first kappa shape index (κ1) is 15.8. The Bertz CT molecular complexity index is 668. The summed E-state index contributed by atoms with van der Waals surface area (Å²) in [5.74, 6) is -0.228. The third-order valence-corrected chi connectivity index (χ3v) is 3.73. The Morgan fingerprint density at radius 2 is 2.05 bits per heavy atom. The Morgan fingerprint density at radius 1 is 1.33 bits per heavy atom. The van der Waals surface area contributed by atoms with E-state index in [1.807, 2.05) is 13.8 Å². The lowest BCUT2D eigenvalue weighted by Gasteiger charge is -2.19. The summed E-state index contributed by atoms with van der Waals surface area (Å²) in [5.41, 5.74) is 0.0762. The molecule has 0 fully saturated rings. The Hall–Kier alpha value is -1.59. The molecule has 0 aliphatic heterocycles. The van der Waals surface area contributed by atoms with E-state index in [-0.39, 0.29) is 12.3 Å². The maximum atomic E-state index is 10.8. The summed E-state index contributed by atoms with van der Waals surface area (Å²) in [6.45, 7) is 3.66. The lowest BCUT2D eigenvalue weighted by Crippen LogP contribution is -2.19. The first-order valence-electron chi connectivity index (χ1n) is 6.27. The zero-order valence-electron chi connectivity index (χ0n) is 11.6. The molecule has 1 heterocycles. The van der Waals surface area contributed by atoms with Gasteiger partial charge >= 0.3 is 5.97 Å². The predicted octanol–water partition coefficient (Wildman–Crippen LogP) is 4.09. The maximum absolute atomic E-state index is 10.8. The fourth-order valence-corrected chi connectivity index (χ4v) is 2.37. The number of carbonyl (C=O) groups is 1. The number of rotatable bonds is 5. The van der Waals surface area contributed by atoms with Crippen LogP contribution in [0.1, 0.15) is 26.2 Å². The molecule has 1 N–H and O–H groups in total. The number of carboxylic acids is 1. The van der Waals surface area contributed by atoms with Gasteiger partial charge in [-0.1, -0.05) is 43.1 Å². The average Bonchev–Trinajstić information content (AvgIpc) is 2.78. The van der Waals surface area contributed by atoms with E-state index in [0.717, 1.165) is 0 Å². The molecule has 1 aromatic carbocycles. The summed E-state index contributed by atoms with van der Waals surface area (Å²) >= 11 is 12.0. The van der Waals surface area contributed by atoms with Crippen LogP contribution in [0.3, 0.4) is 0 Å². The van der Waals surface area contributed by atoms with Crippen molar-refractivity contribution in [2.75, 3.05) is 0 Å². The number of hydrogen-bond acceptors (Lipinski definition) is 4. The molecule has 112 valence electrons. The molecule has 0 unspecified atom stereocenters. The third-order valence-electron chi connectivity index (χ3n) is 2.91. The molecule has 0 aliphatic carbocycles. The van der Waals surface area contributed by atoms with Crippen molar-refractivity contribution in [2.45, 2.75) is 26.7 Å². The highest BCUT2D eigenvalue weighted by atomic mass is 35.5. The minimum atomic E-state index is -0.863. The third kappa shape index (κ3) is 3.95. The number of benzene rings is 1. The van der Waals surface area contributed by atoms with Gasteiger partial charge in [0.1, 0.15) is 0 Å². The fraction of sp³-hybridized carbons (Fsp3) is 0.357. The van der Waals surface area contributed by atoms with Crippen molar-refractivity contribution in [2.24, 2.45) is 5.41 Å². The number of hydrogen-bond donors (Lipinski definition) is 1. The van der Waals surface area contributed by atoms with E-state index in [1.54, 1.807) is 18.2 Å². The molecular weight excluding hydrogens is 315 g/mol. The lowest BCUT2D eigenvalue weighted by atomic mass is 9.86. The van der Waals surface area contributed by atoms with Gasteiger partial charge in [0.05, 0.1) is 22.0 Å². The van der Waals surface area contributed by atoms with E-state index in [2.05, 4.69) is 10.2 Å². The van der Waals surface area contributed by atoms with Gasteiger partial charge in [-0.2, -0.15) is 0 Å². The molecule has 21 heavy (non-hydrogen) atoms. The zero-order valence-corrected chi connectivity index (χ0v) is 13.1. The summed E-state index contributed by atoms with van der Waals surface area (Å²) in [6.07, 6.45) is 0.382.